The number of nitrogens with zero attached hydrogens (tertiary/aromatic N) is 2. The molecule has 1 aliphatic rings. The van der Waals surface area contributed by atoms with E-state index in [1.807, 2.05) is 4.90 Å². The quantitative estimate of drug-likeness (QED) is 0.340. The highest BCUT2D eigenvalue weighted by Crippen LogP contribution is 2.21. The maximum absolute atomic E-state index is 12.3. The molecular formula is C12H23N3O2. The molecule has 0 bridgehead atoms. The van der Waals surface area contributed by atoms with Crippen molar-refractivity contribution in [3.63, 3.8) is 0 Å². The van der Waals surface area contributed by atoms with Gasteiger partial charge in [-0.2, -0.15) is 0 Å². The van der Waals surface area contributed by atoms with E-state index in [1.54, 1.807) is 6.92 Å². The van der Waals surface area contributed by atoms with Crippen LogP contribution in [0.5, 0.6) is 0 Å². The molecule has 1 aliphatic heterocycles. The molecule has 1 rings (SSSR count). The summed E-state index contributed by atoms with van der Waals surface area (Å²) in [6, 6.07) is 0.305. The van der Waals surface area contributed by atoms with Crippen molar-refractivity contribution in [3.8, 4) is 0 Å². The first kappa shape index (κ1) is 13.8. The number of hydrogen-bond acceptors (Lipinski definition) is 3. The molecule has 0 radical (unpaired) electrons. The van der Waals surface area contributed by atoms with Crippen LogP contribution >= 0.6 is 0 Å². The molecule has 98 valence electrons. The van der Waals surface area contributed by atoms with E-state index in [-0.39, 0.29) is 11.7 Å². The molecule has 1 fully saturated rings. The third-order valence-corrected chi connectivity index (χ3v) is 3.56. The third-order valence-electron chi connectivity index (χ3n) is 3.56. The van der Waals surface area contributed by atoms with E-state index < -0.39 is 5.92 Å². The molecule has 5 nitrogen and oxygen atoms in total. The van der Waals surface area contributed by atoms with Gasteiger partial charge in [0, 0.05) is 12.6 Å². The zero-order valence-electron chi connectivity index (χ0n) is 10.7. The summed E-state index contributed by atoms with van der Waals surface area (Å²) in [7, 11) is 0. The Labute approximate surface area is 103 Å². The molecule has 1 amide bonds. The molecule has 1 saturated heterocycles. The second kappa shape index (κ2) is 6.47. The molecule has 0 aromatic heterocycles. The first-order valence-corrected chi connectivity index (χ1v) is 6.39. The van der Waals surface area contributed by atoms with Crippen LogP contribution in [0.1, 0.15) is 46.0 Å². The fraction of sp³-hybridized carbons (Fsp3) is 0.833. The lowest BCUT2D eigenvalue weighted by Crippen LogP contribution is -2.45. The Balaban J connectivity index is 2.76. The molecule has 3 N–H and O–H groups in total. The summed E-state index contributed by atoms with van der Waals surface area (Å²) in [6.07, 6.45) is 5.43. The van der Waals surface area contributed by atoms with E-state index in [9.17, 15) is 4.79 Å². The van der Waals surface area contributed by atoms with Crippen LogP contribution in [0, 0.1) is 5.92 Å². The van der Waals surface area contributed by atoms with Gasteiger partial charge < -0.3 is 15.8 Å². The van der Waals surface area contributed by atoms with Gasteiger partial charge in [-0.05, 0) is 26.2 Å². The number of likely N-dealkylation sites (tertiary alicyclic amines) is 1. The Morgan fingerprint density at radius 1 is 1.53 bits per heavy atom. The number of carbonyl (C=O) groups is 1. The molecule has 2 atom stereocenters. The van der Waals surface area contributed by atoms with Gasteiger partial charge in [-0.1, -0.05) is 24.9 Å². The number of amides is 1. The Bertz CT molecular complexity index is 291. The van der Waals surface area contributed by atoms with Crippen LogP contribution in [0.2, 0.25) is 0 Å². The van der Waals surface area contributed by atoms with Crippen LogP contribution in [0.4, 0.5) is 0 Å². The summed E-state index contributed by atoms with van der Waals surface area (Å²) >= 11 is 0. The number of nitrogens with two attached hydrogens (primary N) is 1. The predicted molar refractivity (Wildman–Crippen MR) is 66.8 cm³/mol. The average Bonchev–Trinajstić information content (AvgIpc) is 2.60. The number of rotatable bonds is 3. The van der Waals surface area contributed by atoms with Gasteiger partial charge in [-0.3, -0.25) is 4.79 Å². The van der Waals surface area contributed by atoms with Gasteiger partial charge in [0.25, 0.3) is 0 Å². The van der Waals surface area contributed by atoms with Crippen LogP contribution in [0.3, 0.4) is 0 Å². The van der Waals surface area contributed by atoms with E-state index >= 15 is 0 Å². The lowest BCUT2D eigenvalue weighted by atomic mass is 10.0. The second-order valence-corrected chi connectivity index (χ2v) is 4.69. The van der Waals surface area contributed by atoms with Crippen LogP contribution < -0.4 is 5.73 Å². The molecule has 2 unspecified atom stereocenters. The molecule has 0 aromatic rings. The van der Waals surface area contributed by atoms with Crippen molar-refractivity contribution in [2.45, 2.75) is 52.0 Å². The highest BCUT2D eigenvalue weighted by molar-refractivity contribution is 6.01. The lowest BCUT2D eigenvalue weighted by Gasteiger charge is -2.31. The minimum absolute atomic E-state index is 0.00546. The molecule has 0 spiro atoms. The minimum atomic E-state index is -0.535. The van der Waals surface area contributed by atoms with Crippen molar-refractivity contribution in [1.29, 1.82) is 0 Å². The fourth-order valence-electron chi connectivity index (χ4n) is 2.35. The summed E-state index contributed by atoms with van der Waals surface area (Å²) in [5.41, 5.74) is 5.50. The number of hydrogen-bond donors (Lipinski definition) is 2. The molecule has 0 aromatic carbocycles. The third kappa shape index (κ3) is 3.35. The summed E-state index contributed by atoms with van der Waals surface area (Å²) in [4.78, 5) is 14.2. The molecule has 0 saturated carbocycles. The van der Waals surface area contributed by atoms with E-state index in [2.05, 4.69) is 12.1 Å². The van der Waals surface area contributed by atoms with Gasteiger partial charge >= 0.3 is 0 Å². The Morgan fingerprint density at radius 2 is 2.24 bits per heavy atom. The average molecular weight is 241 g/mol. The van der Waals surface area contributed by atoms with E-state index in [0.717, 1.165) is 25.8 Å². The van der Waals surface area contributed by atoms with Crippen LogP contribution in [-0.4, -0.2) is 34.4 Å². The minimum Gasteiger partial charge on any atom is -0.409 e. The van der Waals surface area contributed by atoms with E-state index in [4.69, 9.17) is 10.9 Å². The van der Waals surface area contributed by atoms with Gasteiger partial charge in [-0.15, -0.1) is 0 Å². The van der Waals surface area contributed by atoms with Gasteiger partial charge in [0.2, 0.25) is 5.91 Å². The number of oxime groups is 1. The standard InChI is InChI=1S/C12H23N3O2/c1-3-10-7-5-4-6-8-15(10)12(16)9(2)11(13)14-17/h9-10,17H,3-8H2,1-2H3,(H2,13,14). The predicted octanol–water partition coefficient (Wildman–Crippen LogP) is 1.55. The topological polar surface area (TPSA) is 78.9 Å². The van der Waals surface area contributed by atoms with E-state index in [1.165, 1.54) is 12.8 Å². The van der Waals surface area contributed by atoms with Crippen molar-refractivity contribution < 1.29 is 10.0 Å². The van der Waals surface area contributed by atoms with Crippen LogP contribution in [-0.2, 0) is 4.79 Å². The first-order chi connectivity index (χ1) is 8.11. The van der Waals surface area contributed by atoms with Crippen LogP contribution in [0.25, 0.3) is 0 Å². The number of amidine groups is 1. The SMILES string of the molecule is CCC1CCCCCN1C(=O)C(C)C(N)=NO. The highest BCUT2D eigenvalue weighted by Gasteiger charge is 2.29. The van der Waals surface area contributed by atoms with Crippen molar-refractivity contribution in [2.24, 2.45) is 16.8 Å². The number of carbonyl (C=O) groups excluding carboxylic acids is 1. The molecular weight excluding hydrogens is 218 g/mol. The summed E-state index contributed by atoms with van der Waals surface area (Å²) < 4.78 is 0. The highest BCUT2D eigenvalue weighted by atomic mass is 16.4. The summed E-state index contributed by atoms with van der Waals surface area (Å²) in [6.45, 7) is 4.58. The monoisotopic (exact) mass is 241 g/mol. The maximum atomic E-state index is 12.3. The first-order valence-electron chi connectivity index (χ1n) is 6.39. The second-order valence-electron chi connectivity index (χ2n) is 4.69. The van der Waals surface area contributed by atoms with Gasteiger partial charge in [0.05, 0.1) is 5.92 Å². The molecule has 17 heavy (non-hydrogen) atoms. The smallest absolute Gasteiger partial charge is 0.233 e. The molecule has 5 heteroatoms. The van der Waals surface area contributed by atoms with Crippen LogP contribution in [0.15, 0.2) is 5.16 Å². The van der Waals surface area contributed by atoms with E-state index in [0.29, 0.717) is 6.04 Å². The van der Waals surface area contributed by atoms with Crippen molar-refractivity contribution in [2.75, 3.05) is 6.54 Å². The molecule has 0 aliphatic carbocycles. The fourth-order valence-corrected chi connectivity index (χ4v) is 2.35. The zero-order valence-corrected chi connectivity index (χ0v) is 10.7. The zero-order chi connectivity index (χ0) is 12.8. The normalized spacial score (nSPS) is 24.2. The van der Waals surface area contributed by atoms with Gasteiger partial charge in [0.1, 0.15) is 0 Å². The summed E-state index contributed by atoms with van der Waals surface area (Å²) in [5.74, 6) is -0.560. The Morgan fingerprint density at radius 3 is 2.82 bits per heavy atom. The van der Waals surface area contributed by atoms with Gasteiger partial charge in [0.15, 0.2) is 5.84 Å². The summed E-state index contributed by atoms with van der Waals surface area (Å²) in [5, 5.41) is 11.5. The lowest BCUT2D eigenvalue weighted by molar-refractivity contribution is -0.135. The maximum Gasteiger partial charge on any atom is 0.233 e. The Hall–Kier alpha value is -1.26. The van der Waals surface area contributed by atoms with Crippen molar-refractivity contribution >= 4 is 11.7 Å². The Kier molecular flexibility index (Phi) is 5.25. The van der Waals surface area contributed by atoms with Gasteiger partial charge in [-0.25, -0.2) is 0 Å². The largest absolute Gasteiger partial charge is 0.409 e. The molecule has 1 heterocycles. The van der Waals surface area contributed by atoms with Crippen molar-refractivity contribution in [3.05, 3.63) is 0 Å². The van der Waals surface area contributed by atoms with Crippen molar-refractivity contribution in [1.82, 2.24) is 4.90 Å².